The molecule has 1 fully saturated rings. The highest BCUT2D eigenvalue weighted by molar-refractivity contribution is 9.10. The minimum absolute atomic E-state index is 0.0869. The van der Waals surface area contributed by atoms with E-state index in [2.05, 4.69) is 15.9 Å². The van der Waals surface area contributed by atoms with Crippen molar-refractivity contribution in [3.8, 4) is 0 Å². The van der Waals surface area contributed by atoms with Gasteiger partial charge in [0.2, 0.25) is 0 Å². The van der Waals surface area contributed by atoms with Gasteiger partial charge in [0.05, 0.1) is 5.92 Å². The molecule has 0 aliphatic heterocycles. The summed E-state index contributed by atoms with van der Waals surface area (Å²) in [5.41, 5.74) is 1.03. The van der Waals surface area contributed by atoms with Gasteiger partial charge in [0.25, 0.3) is 0 Å². The summed E-state index contributed by atoms with van der Waals surface area (Å²) in [6.07, 6.45) is 0.704. The van der Waals surface area contributed by atoms with Gasteiger partial charge in [-0.05, 0) is 40.9 Å². The lowest BCUT2D eigenvalue weighted by Crippen LogP contribution is -1.98. The Morgan fingerprint density at radius 2 is 2.46 bits per heavy atom. The van der Waals surface area contributed by atoms with Crippen LogP contribution in [0.4, 0.5) is 0 Å². The monoisotopic (exact) mass is 244 g/mol. The number of hydrogen-bond donors (Lipinski definition) is 1. The summed E-state index contributed by atoms with van der Waals surface area (Å²) >= 11 is 3.22. The largest absolute Gasteiger partial charge is 0.481 e. The minimum atomic E-state index is -0.725. The number of aliphatic carboxylic acids is 1. The fourth-order valence-corrected chi connectivity index (χ4v) is 2.10. The first-order valence-corrected chi connectivity index (χ1v) is 4.87. The van der Waals surface area contributed by atoms with Crippen molar-refractivity contribution in [2.45, 2.75) is 19.3 Å². The summed E-state index contributed by atoms with van der Waals surface area (Å²) in [4.78, 5) is 10.6. The lowest BCUT2D eigenvalue weighted by atomic mass is 10.2. The molecule has 1 aliphatic rings. The van der Waals surface area contributed by atoms with E-state index in [1.165, 1.54) is 0 Å². The molecule has 0 spiro atoms. The van der Waals surface area contributed by atoms with E-state index in [0.717, 1.165) is 11.3 Å². The minimum Gasteiger partial charge on any atom is -0.481 e. The van der Waals surface area contributed by atoms with E-state index in [9.17, 15) is 4.79 Å². The van der Waals surface area contributed by atoms with Gasteiger partial charge in [0, 0.05) is 5.92 Å². The number of carbonyl (C=O) groups is 1. The molecule has 3 nitrogen and oxygen atoms in total. The molecule has 1 N–H and O–H groups in total. The molecule has 70 valence electrons. The van der Waals surface area contributed by atoms with Crippen molar-refractivity contribution in [1.29, 1.82) is 0 Å². The second-order valence-corrected chi connectivity index (χ2v) is 4.17. The van der Waals surface area contributed by atoms with Crippen molar-refractivity contribution in [3.05, 3.63) is 22.1 Å². The van der Waals surface area contributed by atoms with Gasteiger partial charge in [-0.1, -0.05) is 0 Å². The second kappa shape index (κ2) is 2.87. The quantitative estimate of drug-likeness (QED) is 0.870. The summed E-state index contributed by atoms with van der Waals surface area (Å²) in [5, 5.41) is 8.73. The summed E-state index contributed by atoms with van der Waals surface area (Å²) in [6, 6.07) is 1.87. The Labute approximate surface area is 83.9 Å². The third-order valence-corrected chi connectivity index (χ3v) is 2.76. The number of halogens is 1. The molecule has 1 aromatic heterocycles. The van der Waals surface area contributed by atoms with Crippen molar-refractivity contribution in [3.63, 3.8) is 0 Å². The molecule has 0 radical (unpaired) electrons. The highest BCUT2D eigenvalue weighted by Gasteiger charge is 2.47. The van der Waals surface area contributed by atoms with E-state index in [1.54, 1.807) is 0 Å². The third-order valence-electron chi connectivity index (χ3n) is 2.37. The standard InChI is InChI=1S/C9H9BrO3/c1-4-2-7(10)13-8(4)5-3-6(5)9(11)12/h2,5-6H,3H2,1H3,(H,11,12)/t5-,6-/m1/s1. The maximum atomic E-state index is 10.6. The Kier molecular flexibility index (Phi) is 1.95. The lowest BCUT2D eigenvalue weighted by molar-refractivity contribution is -0.138. The molecule has 1 aliphatic carbocycles. The van der Waals surface area contributed by atoms with Gasteiger partial charge in [-0.2, -0.15) is 0 Å². The molecular formula is C9H9BrO3. The maximum Gasteiger partial charge on any atom is 0.307 e. The molecule has 0 bridgehead atoms. The summed E-state index contributed by atoms with van der Waals surface area (Å²) in [5.74, 6) is -0.0586. The smallest absolute Gasteiger partial charge is 0.307 e. The van der Waals surface area contributed by atoms with Gasteiger partial charge in [0.1, 0.15) is 5.76 Å². The summed E-state index contributed by atoms with van der Waals surface area (Å²) in [6.45, 7) is 1.93. The van der Waals surface area contributed by atoms with Gasteiger partial charge in [0.15, 0.2) is 4.67 Å². The molecule has 1 saturated carbocycles. The molecule has 4 heteroatoms. The maximum absolute atomic E-state index is 10.6. The number of aryl methyl sites for hydroxylation is 1. The van der Waals surface area contributed by atoms with Crippen LogP contribution in [0.1, 0.15) is 23.7 Å². The molecule has 1 heterocycles. The SMILES string of the molecule is Cc1cc(Br)oc1[C@@H]1C[C@H]1C(=O)O. The van der Waals surface area contributed by atoms with E-state index in [-0.39, 0.29) is 11.8 Å². The first-order chi connectivity index (χ1) is 6.09. The van der Waals surface area contributed by atoms with Crippen molar-refractivity contribution in [2.24, 2.45) is 5.92 Å². The lowest BCUT2D eigenvalue weighted by Gasteiger charge is -1.93. The number of furan rings is 1. The molecule has 0 aromatic carbocycles. The second-order valence-electron chi connectivity index (χ2n) is 3.38. The Bertz CT molecular complexity index is 356. The summed E-state index contributed by atoms with van der Waals surface area (Å²) < 4.78 is 6.05. The van der Waals surface area contributed by atoms with Crippen LogP contribution in [0.25, 0.3) is 0 Å². The first kappa shape index (κ1) is 8.81. The van der Waals surface area contributed by atoms with Crippen LogP contribution in [0, 0.1) is 12.8 Å². The van der Waals surface area contributed by atoms with Crippen LogP contribution in [0.3, 0.4) is 0 Å². The molecule has 1 aromatic rings. The number of hydrogen-bond acceptors (Lipinski definition) is 2. The Morgan fingerprint density at radius 1 is 1.77 bits per heavy atom. The molecule has 0 amide bonds. The van der Waals surface area contributed by atoms with Crippen LogP contribution in [-0.2, 0) is 4.79 Å². The molecule has 2 rings (SSSR count). The molecule has 13 heavy (non-hydrogen) atoms. The zero-order valence-corrected chi connectivity index (χ0v) is 8.67. The number of rotatable bonds is 2. The van der Waals surface area contributed by atoms with Crippen LogP contribution in [-0.4, -0.2) is 11.1 Å². The number of carboxylic acid groups (broad SMARTS) is 1. The highest BCUT2D eigenvalue weighted by atomic mass is 79.9. The molecule has 0 unspecified atom stereocenters. The zero-order chi connectivity index (χ0) is 9.59. The first-order valence-electron chi connectivity index (χ1n) is 4.08. The van der Waals surface area contributed by atoms with Crippen LogP contribution >= 0.6 is 15.9 Å². The fourth-order valence-electron chi connectivity index (χ4n) is 1.58. The fraction of sp³-hybridized carbons (Fsp3) is 0.444. The predicted molar refractivity (Wildman–Crippen MR) is 49.6 cm³/mol. The number of carboxylic acids is 1. The van der Waals surface area contributed by atoms with Gasteiger partial charge in [-0.15, -0.1) is 0 Å². The Balaban J connectivity index is 2.20. The molecule has 2 atom stereocenters. The van der Waals surface area contributed by atoms with Gasteiger partial charge < -0.3 is 9.52 Å². The van der Waals surface area contributed by atoms with Crippen LogP contribution in [0.15, 0.2) is 15.2 Å². The van der Waals surface area contributed by atoms with E-state index in [1.807, 2.05) is 13.0 Å². The van der Waals surface area contributed by atoms with E-state index < -0.39 is 5.97 Å². The average molecular weight is 245 g/mol. The van der Waals surface area contributed by atoms with E-state index in [0.29, 0.717) is 11.1 Å². The van der Waals surface area contributed by atoms with Crippen molar-refractivity contribution < 1.29 is 14.3 Å². The van der Waals surface area contributed by atoms with Crippen molar-refractivity contribution in [1.82, 2.24) is 0 Å². The van der Waals surface area contributed by atoms with Crippen LogP contribution in [0.5, 0.6) is 0 Å². The predicted octanol–water partition coefficient (Wildman–Crippen LogP) is 2.54. The van der Waals surface area contributed by atoms with Crippen molar-refractivity contribution in [2.75, 3.05) is 0 Å². The van der Waals surface area contributed by atoms with Crippen molar-refractivity contribution >= 4 is 21.9 Å². The average Bonchev–Trinajstić information content (AvgIpc) is 2.73. The molecular weight excluding hydrogens is 236 g/mol. The Hall–Kier alpha value is -0.770. The van der Waals surface area contributed by atoms with Crippen LogP contribution in [0.2, 0.25) is 0 Å². The molecule has 0 saturated heterocycles. The highest BCUT2D eigenvalue weighted by Crippen LogP contribution is 2.49. The Morgan fingerprint density at radius 3 is 2.85 bits per heavy atom. The van der Waals surface area contributed by atoms with E-state index in [4.69, 9.17) is 9.52 Å². The van der Waals surface area contributed by atoms with Gasteiger partial charge in [-0.3, -0.25) is 4.79 Å². The van der Waals surface area contributed by atoms with Gasteiger partial charge >= 0.3 is 5.97 Å². The van der Waals surface area contributed by atoms with E-state index >= 15 is 0 Å². The third kappa shape index (κ3) is 1.50. The normalized spacial score (nSPS) is 26.0. The zero-order valence-electron chi connectivity index (χ0n) is 7.08. The van der Waals surface area contributed by atoms with Crippen LogP contribution < -0.4 is 0 Å². The topological polar surface area (TPSA) is 50.4 Å². The summed E-state index contributed by atoms with van der Waals surface area (Å²) in [7, 11) is 0. The van der Waals surface area contributed by atoms with Gasteiger partial charge in [-0.25, -0.2) is 0 Å².